The van der Waals surface area contributed by atoms with E-state index in [2.05, 4.69) is 6.92 Å². The highest BCUT2D eigenvalue weighted by Crippen LogP contribution is 2.31. The number of nitrogens with two attached hydrogens (primary N) is 1. The molecule has 0 radical (unpaired) electrons. The maximum absolute atomic E-state index is 13.3. The zero-order valence-corrected chi connectivity index (χ0v) is 11.7. The molecule has 1 aliphatic carbocycles. The van der Waals surface area contributed by atoms with Crippen LogP contribution < -0.4 is 10.5 Å². The Bertz CT molecular complexity index is 408. The topological polar surface area (TPSA) is 35.2 Å². The molecule has 0 saturated heterocycles. The number of ether oxygens (including phenoxy) is 1. The van der Waals surface area contributed by atoms with Gasteiger partial charge in [0.15, 0.2) is 0 Å². The van der Waals surface area contributed by atoms with Crippen molar-refractivity contribution in [1.82, 2.24) is 0 Å². The fourth-order valence-electron chi connectivity index (χ4n) is 2.91. The van der Waals surface area contributed by atoms with Gasteiger partial charge in [-0.25, -0.2) is 4.39 Å². The second kappa shape index (κ2) is 6.90. The van der Waals surface area contributed by atoms with Crippen molar-refractivity contribution >= 4 is 0 Å². The van der Waals surface area contributed by atoms with E-state index in [1.54, 1.807) is 12.1 Å². The molecule has 1 aromatic rings. The fraction of sp³-hybridized carbons (Fsp3) is 0.625. The third-order valence-corrected chi connectivity index (χ3v) is 4.04. The van der Waals surface area contributed by atoms with Gasteiger partial charge in [0.2, 0.25) is 0 Å². The molecule has 1 saturated carbocycles. The number of rotatable bonds is 5. The van der Waals surface area contributed by atoms with Gasteiger partial charge in [-0.1, -0.05) is 19.8 Å². The Balaban J connectivity index is 2.05. The largest absolute Gasteiger partial charge is 0.490 e. The minimum Gasteiger partial charge on any atom is -0.490 e. The van der Waals surface area contributed by atoms with Gasteiger partial charge in [-0.05, 0) is 61.9 Å². The smallest absolute Gasteiger partial charge is 0.123 e. The van der Waals surface area contributed by atoms with E-state index in [-0.39, 0.29) is 11.9 Å². The van der Waals surface area contributed by atoms with E-state index in [1.165, 1.54) is 25.3 Å². The maximum atomic E-state index is 13.3. The van der Waals surface area contributed by atoms with E-state index < -0.39 is 0 Å². The highest BCUT2D eigenvalue weighted by Gasteiger charge is 2.22. The zero-order chi connectivity index (χ0) is 13.7. The second-order valence-corrected chi connectivity index (χ2v) is 5.47. The molecule has 2 unspecified atom stereocenters. The van der Waals surface area contributed by atoms with Crippen molar-refractivity contribution in [2.24, 2.45) is 11.7 Å². The molecule has 2 N–H and O–H groups in total. The summed E-state index contributed by atoms with van der Waals surface area (Å²) < 4.78 is 19.4. The fourth-order valence-corrected chi connectivity index (χ4v) is 2.91. The molecule has 3 heteroatoms. The molecule has 0 spiro atoms. The molecule has 1 aromatic carbocycles. The average Bonchev–Trinajstić information content (AvgIpc) is 2.42. The quantitative estimate of drug-likeness (QED) is 0.881. The van der Waals surface area contributed by atoms with Gasteiger partial charge in [0.1, 0.15) is 11.6 Å². The minimum atomic E-state index is -0.217. The lowest BCUT2D eigenvalue weighted by molar-refractivity contribution is 0.121. The van der Waals surface area contributed by atoms with Crippen LogP contribution in [0.15, 0.2) is 18.2 Å². The van der Waals surface area contributed by atoms with Crippen molar-refractivity contribution in [3.8, 4) is 5.75 Å². The molecule has 0 aromatic heterocycles. The van der Waals surface area contributed by atoms with Gasteiger partial charge in [-0.3, -0.25) is 0 Å². The SMILES string of the molecule is CCC1CCCC(Oc2ccc(F)cc2CCN)C1. The second-order valence-electron chi connectivity index (χ2n) is 5.47. The lowest BCUT2D eigenvalue weighted by Crippen LogP contribution is -2.25. The summed E-state index contributed by atoms with van der Waals surface area (Å²) in [5.74, 6) is 1.37. The summed E-state index contributed by atoms with van der Waals surface area (Å²) in [6, 6.07) is 4.76. The van der Waals surface area contributed by atoms with Crippen molar-refractivity contribution in [2.75, 3.05) is 6.54 Å². The number of hydrogen-bond donors (Lipinski definition) is 1. The van der Waals surface area contributed by atoms with Crippen LogP contribution in [-0.4, -0.2) is 12.6 Å². The summed E-state index contributed by atoms with van der Waals surface area (Å²) >= 11 is 0. The highest BCUT2D eigenvalue weighted by atomic mass is 19.1. The minimum absolute atomic E-state index is 0.217. The number of hydrogen-bond acceptors (Lipinski definition) is 2. The maximum Gasteiger partial charge on any atom is 0.123 e. The van der Waals surface area contributed by atoms with Crippen LogP contribution in [0.2, 0.25) is 0 Å². The van der Waals surface area contributed by atoms with E-state index in [9.17, 15) is 4.39 Å². The Morgan fingerprint density at radius 1 is 1.37 bits per heavy atom. The van der Waals surface area contributed by atoms with Gasteiger partial charge < -0.3 is 10.5 Å². The van der Waals surface area contributed by atoms with Crippen LogP contribution in [0, 0.1) is 11.7 Å². The van der Waals surface area contributed by atoms with E-state index in [0.717, 1.165) is 30.1 Å². The Labute approximate surface area is 115 Å². The molecule has 0 bridgehead atoms. The molecule has 2 atom stereocenters. The Morgan fingerprint density at radius 3 is 2.95 bits per heavy atom. The molecule has 1 fully saturated rings. The molecule has 19 heavy (non-hydrogen) atoms. The predicted molar refractivity (Wildman–Crippen MR) is 75.8 cm³/mol. The first-order valence-electron chi connectivity index (χ1n) is 7.38. The third-order valence-electron chi connectivity index (χ3n) is 4.04. The highest BCUT2D eigenvalue weighted by molar-refractivity contribution is 5.34. The van der Waals surface area contributed by atoms with E-state index in [4.69, 9.17) is 10.5 Å². The van der Waals surface area contributed by atoms with Gasteiger partial charge in [-0.15, -0.1) is 0 Å². The summed E-state index contributed by atoms with van der Waals surface area (Å²) in [6.45, 7) is 2.76. The van der Waals surface area contributed by atoms with Crippen LogP contribution >= 0.6 is 0 Å². The molecular weight excluding hydrogens is 241 g/mol. The molecule has 1 aliphatic rings. The first-order chi connectivity index (χ1) is 9.22. The standard InChI is InChI=1S/C16H24FNO/c1-2-12-4-3-5-15(10-12)19-16-7-6-14(17)11-13(16)8-9-18/h6-7,11-12,15H,2-5,8-10,18H2,1H3. The van der Waals surface area contributed by atoms with Crippen molar-refractivity contribution < 1.29 is 9.13 Å². The summed E-state index contributed by atoms with van der Waals surface area (Å²) in [7, 11) is 0. The van der Waals surface area contributed by atoms with E-state index in [0.29, 0.717) is 13.0 Å². The van der Waals surface area contributed by atoms with Crippen LogP contribution in [0.25, 0.3) is 0 Å². The number of benzene rings is 1. The lowest BCUT2D eigenvalue weighted by atomic mass is 9.85. The molecule has 2 nitrogen and oxygen atoms in total. The molecule has 0 amide bonds. The molecular formula is C16H24FNO. The van der Waals surface area contributed by atoms with Crippen LogP contribution in [0.5, 0.6) is 5.75 Å². The first-order valence-corrected chi connectivity index (χ1v) is 7.38. The molecule has 2 rings (SSSR count). The van der Waals surface area contributed by atoms with Crippen LogP contribution in [-0.2, 0) is 6.42 Å². The normalized spacial score (nSPS) is 23.3. The monoisotopic (exact) mass is 265 g/mol. The Kier molecular flexibility index (Phi) is 5.20. The lowest BCUT2D eigenvalue weighted by Gasteiger charge is -2.29. The summed E-state index contributed by atoms with van der Waals surface area (Å²) in [5.41, 5.74) is 6.47. The number of halogens is 1. The van der Waals surface area contributed by atoms with Crippen molar-refractivity contribution in [3.63, 3.8) is 0 Å². The van der Waals surface area contributed by atoms with Crippen LogP contribution in [0.4, 0.5) is 4.39 Å². The molecule has 0 heterocycles. The Morgan fingerprint density at radius 2 is 2.21 bits per heavy atom. The molecule has 106 valence electrons. The van der Waals surface area contributed by atoms with Gasteiger partial charge in [0.25, 0.3) is 0 Å². The van der Waals surface area contributed by atoms with Gasteiger partial charge >= 0.3 is 0 Å². The first kappa shape index (κ1) is 14.3. The summed E-state index contributed by atoms with van der Waals surface area (Å²) in [5, 5.41) is 0. The summed E-state index contributed by atoms with van der Waals surface area (Å²) in [4.78, 5) is 0. The van der Waals surface area contributed by atoms with Crippen molar-refractivity contribution in [2.45, 2.75) is 51.6 Å². The summed E-state index contributed by atoms with van der Waals surface area (Å²) in [6.07, 6.45) is 6.94. The Hall–Kier alpha value is -1.09. The van der Waals surface area contributed by atoms with Gasteiger partial charge in [-0.2, -0.15) is 0 Å². The predicted octanol–water partition coefficient (Wildman–Crippen LogP) is 3.67. The van der Waals surface area contributed by atoms with E-state index >= 15 is 0 Å². The van der Waals surface area contributed by atoms with Gasteiger partial charge in [0.05, 0.1) is 6.10 Å². The zero-order valence-electron chi connectivity index (χ0n) is 11.7. The van der Waals surface area contributed by atoms with Crippen molar-refractivity contribution in [1.29, 1.82) is 0 Å². The van der Waals surface area contributed by atoms with Crippen LogP contribution in [0.3, 0.4) is 0 Å². The average molecular weight is 265 g/mol. The third kappa shape index (κ3) is 3.93. The van der Waals surface area contributed by atoms with Crippen LogP contribution in [0.1, 0.15) is 44.6 Å². The van der Waals surface area contributed by atoms with E-state index in [1.807, 2.05) is 0 Å². The van der Waals surface area contributed by atoms with Crippen molar-refractivity contribution in [3.05, 3.63) is 29.6 Å². The molecule has 0 aliphatic heterocycles. The van der Waals surface area contributed by atoms with Gasteiger partial charge in [0, 0.05) is 0 Å².